The van der Waals surface area contributed by atoms with Crippen LogP contribution in [0, 0.1) is 0 Å². The van der Waals surface area contributed by atoms with Crippen LogP contribution in [0.15, 0.2) is 36.7 Å². The van der Waals surface area contributed by atoms with E-state index in [0.29, 0.717) is 12.4 Å². The molecule has 0 spiro atoms. The van der Waals surface area contributed by atoms with E-state index in [2.05, 4.69) is 5.10 Å². The Morgan fingerprint density at radius 3 is 2.67 bits per heavy atom. The van der Waals surface area contributed by atoms with Crippen LogP contribution in [-0.2, 0) is 12.7 Å². The lowest BCUT2D eigenvalue weighted by molar-refractivity contribution is -0.137. The molecule has 2 rings (SSSR count). The predicted octanol–water partition coefficient (Wildman–Crippen LogP) is 3.00. The molecule has 0 amide bonds. The van der Waals surface area contributed by atoms with Crippen molar-refractivity contribution >= 4 is 0 Å². The molecule has 0 aliphatic heterocycles. The summed E-state index contributed by atoms with van der Waals surface area (Å²) in [5.74, 6) is 0.635. The third-order valence-corrected chi connectivity index (χ3v) is 2.96. The molecule has 0 saturated heterocycles. The third kappa shape index (κ3) is 3.75. The summed E-state index contributed by atoms with van der Waals surface area (Å²) >= 11 is 0. The van der Waals surface area contributed by atoms with Gasteiger partial charge in [-0.3, -0.25) is 4.68 Å². The van der Waals surface area contributed by atoms with Crippen LogP contribution in [0.5, 0.6) is 5.75 Å². The number of rotatable bonds is 5. The average molecular weight is 299 g/mol. The minimum absolute atomic E-state index is 0.139. The zero-order valence-electron chi connectivity index (χ0n) is 11.5. The molecule has 1 heterocycles. The third-order valence-electron chi connectivity index (χ3n) is 2.96. The van der Waals surface area contributed by atoms with Gasteiger partial charge < -0.3 is 10.5 Å². The van der Waals surface area contributed by atoms with Gasteiger partial charge in [0.05, 0.1) is 31.0 Å². The van der Waals surface area contributed by atoms with Gasteiger partial charge in [0.2, 0.25) is 0 Å². The first-order valence-electron chi connectivity index (χ1n) is 6.48. The Morgan fingerprint density at radius 2 is 2.05 bits per heavy atom. The Balaban J connectivity index is 2.14. The summed E-state index contributed by atoms with van der Waals surface area (Å²) in [6.07, 6.45) is -2.66. The lowest BCUT2D eigenvalue weighted by atomic mass is 10.1. The quantitative estimate of drug-likeness (QED) is 0.923. The summed E-state index contributed by atoms with van der Waals surface area (Å²) in [4.78, 5) is 0. The summed E-state index contributed by atoms with van der Waals surface area (Å²) in [5, 5.41) is 3.70. The van der Waals surface area contributed by atoms with Crippen molar-refractivity contribution in [3.63, 3.8) is 0 Å². The van der Waals surface area contributed by atoms with Gasteiger partial charge in [0.25, 0.3) is 0 Å². The Labute approximate surface area is 120 Å². The van der Waals surface area contributed by atoms with E-state index < -0.39 is 17.8 Å². The molecule has 1 aromatic heterocycles. The standard InChI is InChI=1S/C14H16F3N3O/c1-2-21-13-6-4-3-5-11(13)12(18)9-20-8-10(7-19-20)14(15,16)17/h3-8,12H,2,9,18H2,1H3. The highest BCUT2D eigenvalue weighted by Gasteiger charge is 2.32. The van der Waals surface area contributed by atoms with Crippen molar-refractivity contribution in [2.24, 2.45) is 5.73 Å². The first-order chi connectivity index (χ1) is 9.91. The van der Waals surface area contributed by atoms with Gasteiger partial charge in [-0.1, -0.05) is 18.2 Å². The van der Waals surface area contributed by atoms with Crippen LogP contribution >= 0.6 is 0 Å². The maximum atomic E-state index is 12.5. The summed E-state index contributed by atoms with van der Waals surface area (Å²) in [7, 11) is 0. The summed E-state index contributed by atoms with van der Waals surface area (Å²) < 4.78 is 44.2. The van der Waals surface area contributed by atoms with E-state index in [0.717, 1.165) is 18.0 Å². The first kappa shape index (κ1) is 15.4. The van der Waals surface area contributed by atoms with E-state index in [1.807, 2.05) is 19.1 Å². The van der Waals surface area contributed by atoms with Crippen LogP contribution in [0.4, 0.5) is 13.2 Å². The van der Waals surface area contributed by atoms with Crippen LogP contribution in [0.2, 0.25) is 0 Å². The number of nitrogens with two attached hydrogens (primary N) is 1. The predicted molar refractivity (Wildman–Crippen MR) is 71.8 cm³/mol. The normalized spacial score (nSPS) is 13.2. The Kier molecular flexibility index (Phi) is 4.52. The highest BCUT2D eigenvalue weighted by molar-refractivity contribution is 5.35. The number of para-hydroxylation sites is 1. The van der Waals surface area contributed by atoms with Crippen LogP contribution in [0.3, 0.4) is 0 Å². The number of aromatic nitrogens is 2. The number of hydrogen-bond acceptors (Lipinski definition) is 3. The van der Waals surface area contributed by atoms with Crippen LogP contribution in [0.1, 0.15) is 24.1 Å². The second kappa shape index (κ2) is 6.17. The fourth-order valence-corrected chi connectivity index (χ4v) is 1.98. The number of alkyl halides is 3. The van der Waals surface area contributed by atoms with Gasteiger partial charge in [0.1, 0.15) is 5.75 Å². The molecule has 0 aliphatic carbocycles. The van der Waals surface area contributed by atoms with Crippen molar-refractivity contribution in [3.8, 4) is 5.75 Å². The molecule has 0 aliphatic rings. The first-order valence-corrected chi connectivity index (χ1v) is 6.48. The molecule has 0 fully saturated rings. The zero-order chi connectivity index (χ0) is 15.5. The molecule has 114 valence electrons. The summed E-state index contributed by atoms with van der Waals surface area (Å²) in [5.41, 5.74) is 6.01. The molecule has 2 N–H and O–H groups in total. The molecule has 1 aromatic carbocycles. The molecular weight excluding hydrogens is 283 g/mol. The highest BCUT2D eigenvalue weighted by Crippen LogP contribution is 2.29. The Bertz CT molecular complexity index is 595. The van der Waals surface area contributed by atoms with Crippen molar-refractivity contribution in [2.75, 3.05) is 6.61 Å². The number of halogens is 3. The molecule has 1 unspecified atom stereocenters. The van der Waals surface area contributed by atoms with Gasteiger partial charge in [-0.05, 0) is 13.0 Å². The van der Waals surface area contributed by atoms with Crippen LogP contribution in [-0.4, -0.2) is 16.4 Å². The largest absolute Gasteiger partial charge is 0.494 e. The van der Waals surface area contributed by atoms with E-state index in [4.69, 9.17) is 10.5 Å². The fraction of sp³-hybridized carbons (Fsp3) is 0.357. The lowest BCUT2D eigenvalue weighted by Crippen LogP contribution is -2.19. The van der Waals surface area contributed by atoms with Crippen molar-refractivity contribution in [1.29, 1.82) is 0 Å². The van der Waals surface area contributed by atoms with E-state index in [9.17, 15) is 13.2 Å². The number of nitrogens with zero attached hydrogens (tertiary/aromatic N) is 2. The SMILES string of the molecule is CCOc1ccccc1C(N)Cn1cc(C(F)(F)F)cn1. The van der Waals surface area contributed by atoms with Crippen molar-refractivity contribution in [3.05, 3.63) is 47.8 Å². The van der Waals surface area contributed by atoms with Gasteiger partial charge in [-0.25, -0.2) is 0 Å². The van der Waals surface area contributed by atoms with Gasteiger partial charge in [0, 0.05) is 11.8 Å². The number of ether oxygens (including phenoxy) is 1. The minimum atomic E-state index is -4.40. The molecule has 2 aromatic rings. The van der Waals surface area contributed by atoms with Crippen LogP contribution < -0.4 is 10.5 Å². The average Bonchev–Trinajstić information content (AvgIpc) is 2.88. The molecule has 0 radical (unpaired) electrons. The van der Waals surface area contributed by atoms with E-state index in [1.54, 1.807) is 12.1 Å². The van der Waals surface area contributed by atoms with E-state index >= 15 is 0 Å². The highest BCUT2D eigenvalue weighted by atomic mass is 19.4. The van der Waals surface area contributed by atoms with Crippen LogP contribution in [0.25, 0.3) is 0 Å². The summed E-state index contributed by atoms with van der Waals surface area (Å²) in [6.45, 7) is 2.48. The van der Waals surface area contributed by atoms with E-state index in [-0.39, 0.29) is 6.54 Å². The topological polar surface area (TPSA) is 53.1 Å². The molecule has 21 heavy (non-hydrogen) atoms. The minimum Gasteiger partial charge on any atom is -0.494 e. The Morgan fingerprint density at radius 1 is 1.33 bits per heavy atom. The molecule has 0 saturated carbocycles. The molecule has 0 bridgehead atoms. The van der Waals surface area contributed by atoms with Gasteiger partial charge >= 0.3 is 6.18 Å². The van der Waals surface area contributed by atoms with Crippen molar-refractivity contribution < 1.29 is 17.9 Å². The maximum absolute atomic E-state index is 12.5. The summed E-state index contributed by atoms with van der Waals surface area (Å²) in [6, 6.07) is 6.69. The lowest BCUT2D eigenvalue weighted by Gasteiger charge is -2.16. The molecule has 7 heteroatoms. The second-order valence-electron chi connectivity index (χ2n) is 4.53. The molecular formula is C14H16F3N3O. The monoisotopic (exact) mass is 299 g/mol. The van der Waals surface area contributed by atoms with Gasteiger partial charge in [-0.15, -0.1) is 0 Å². The van der Waals surface area contributed by atoms with E-state index in [1.165, 1.54) is 4.68 Å². The number of hydrogen-bond donors (Lipinski definition) is 1. The molecule has 4 nitrogen and oxygen atoms in total. The second-order valence-corrected chi connectivity index (χ2v) is 4.53. The van der Waals surface area contributed by atoms with Crippen molar-refractivity contribution in [2.45, 2.75) is 25.7 Å². The smallest absolute Gasteiger partial charge is 0.419 e. The zero-order valence-corrected chi connectivity index (χ0v) is 11.5. The van der Waals surface area contributed by atoms with Gasteiger partial charge in [-0.2, -0.15) is 18.3 Å². The fourth-order valence-electron chi connectivity index (χ4n) is 1.98. The van der Waals surface area contributed by atoms with Gasteiger partial charge in [0.15, 0.2) is 0 Å². The Hall–Kier alpha value is -2.02. The van der Waals surface area contributed by atoms with Crippen molar-refractivity contribution in [1.82, 2.24) is 9.78 Å². The molecule has 1 atom stereocenters. The number of benzene rings is 1. The maximum Gasteiger partial charge on any atom is 0.419 e.